The number of carbonyl (C=O) groups is 2. The molecule has 130 valence electrons. The van der Waals surface area contributed by atoms with Crippen LogP contribution in [-0.2, 0) is 9.59 Å². The molecule has 0 spiro atoms. The molecule has 0 heterocycles. The number of benzene rings is 1. The van der Waals surface area contributed by atoms with Crippen LogP contribution < -0.4 is 10.1 Å². The molecule has 0 saturated heterocycles. The molecule has 0 bridgehead atoms. The molecule has 1 saturated carbocycles. The molecule has 1 aliphatic rings. The predicted octanol–water partition coefficient (Wildman–Crippen LogP) is 2.56. The van der Waals surface area contributed by atoms with Crippen LogP contribution in [0.3, 0.4) is 0 Å². The molecule has 2 rings (SSSR count). The number of ether oxygens (including phenoxy) is 1. The Labute approximate surface area is 141 Å². The van der Waals surface area contributed by atoms with Crippen molar-refractivity contribution in [1.82, 2.24) is 5.32 Å². The summed E-state index contributed by atoms with van der Waals surface area (Å²) in [6.45, 7) is 1.76. The van der Waals surface area contributed by atoms with E-state index in [0.717, 1.165) is 5.56 Å². The lowest BCUT2D eigenvalue weighted by atomic mass is 9.74. The normalized spacial score (nSPS) is 23.8. The molecule has 1 aromatic rings. The SMILES string of the molecule is COc1cc(/C=C/C(=O)NC2CCC(C)(C(=O)O)CC2)ccc1O. The fourth-order valence-corrected chi connectivity index (χ4v) is 2.83. The molecule has 0 atom stereocenters. The minimum atomic E-state index is -0.770. The summed E-state index contributed by atoms with van der Waals surface area (Å²) in [5.41, 5.74) is 0.0570. The van der Waals surface area contributed by atoms with Gasteiger partial charge in [0, 0.05) is 12.1 Å². The van der Waals surface area contributed by atoms with Crippen LogP contribution in [0.5, 0.6) is 11.5 Å². The van der Waals surface area contributed by atoms with Gasteiger partial charge in [-0.2, -0.15) is 0 Å². The van der Waals surface area contributed by atoms with E-state index < -0.39 is 11.4 Å². The van der Waals surface area contributed by atoms with Gasteiger partial charge in [0.05, 0.1) is 12.5 Å². The van der Waals surface area contributed by atoms with Crippen LogP contribution in [0.25, 0.3) is 6.08 Å². The summed E-state index contributed by atoms with van der Waals surface area (Å²) in [7, 11) is 1.46. The van der Waals surface area contributed by atoms with E-state index in [1.807, 2.05) is 0 Å². The van der Waals surface area contributed by atoms with Crippen molar-refractivity contribution < 1.29 is 24.5 Å². The number of nitrogens with one attached hydrogen (secondary N) is 1. The number of carboxylic acid groups (broad SMARTS) is 1. The number of hydrogen-bond acceptors (Lipinski definition) is 4. The molecule has 6 nitrogen and oxygen atoms in total. The van der Waals surface area contributed by atoms with E-state index in [2.05, 4.69) is 5.32 Å². The van der Waals surface area contributed by atoms with Gasteiger partial charge in [0.2, 0.25) is 5.91 Å². The Morgan fingerprint density at radius 2 is 2.00 bits per heavy atom. The summed E-state index contributed by atoms with van der Waals surface area (Å²) in [5.74, 6) is -0.597. The predicted molar refractivity (Wildman–Crippen MR) is 89.8 cm³/mol. The Balaban J connectivity index is 1.89. The number of amides is 1. The molecule has 0 unspecified atom stereocenters. The highest BCUT2D eigenvalue weighted by Crippen LogP contribution is 2.36. The lowest BCUT2D eigenvalue weighted by Gasteiger charge is -2.34. The maximum absolute atomic E-state index is 12.0. The van der Waals surface area contributed by atoms with E-state index in [1.165, 1.54) is 19.3 Å². The van der Waals surface area contributed by atoms with Crippen molar-refractivity contribution in [2.45, 2.75) is 38.6 Å². The molecule has 1 fully saturated rings. The molecule has 24 heavy (non-hydrogen) atoms. The Hall–Kier alpha value is -2.50. The van der Waals surface area contributed by atoms with Gasteiger partial charge < -0.3 is 20.3 Å². The Kier molecular flexibility index (Phi) is 5.49. The summed E-state index contributed by atoms with van der Waals surface area (Å²) in [5, 5.41) is 21.7. The molecule has 0 aliphatic heterocycles. The van der Waals surface area contributed by atoms with E-state index in [0.29, 0.717) is 31.4 Å². The van der Waals surface area contributed by atoms with Crippen LogP contribution in [0, 0.1) is 5.41 Å². The standard InChI is InChI=1S/C18H23NO5/c1-18(17(22)23)9-7-13(8-10-18)19-16(21)6-4-12-3-5-14(20)15(11-12)24-2/h3-6,11,13,20H,7-10H2,1-2H3,(H,19,21)(H,22,23)/b6-4+. The molecule has 1 aliphatic carbocycles. The third kappa shape index (κ3) is 4.28. The zero-order valence-electron chi connectivity index (χ0n) is 13.9. The quantitative estimate of drug-likeness (QED) is 0.720. The first kappa shape index (κ1) is 17.8. The first-order chi connectivity index (χ1) is 11.3. The highest BCUT2D eigenvalue weighted by molar-refractivity contribution is 5.92. The van der Waals surface area contributed by atoms with Crippen LogP contribution in [0.4, 0.5) is 0 Å². The zero-order chi connectivity index (χ0) is 17.7. The van der Waals surface area contributed by atoms with Gasteiger partial charge in [-0.15, -0.1) is 0 Å². The molecule has 0 aromatic heterocycles. The largest absolute Gasteiger partial charge is 0.504 e. The fraction of sp³-hybridized carbons (Fsp3) is 0.444. The van der Waals surface area contributed by atoms with Crippen LogP contribution in [0.2, 0.25) is 0 Å². The number of phenolic OH excluding ortho intramolecular Hbond substituents is 1. The summed E-state index contributed by atoms with van der Waals surface area (Å²) < 4.78 is 5.02. The molecular weight excluding hydrogens is 310 g/mol. The number of rotatable bonds is 5. The topological polar surface area (TPSA) is 95.9 Å². The Morgan fingerprint density at radius 3 is 2.58 bits per heavy atom. The van der Waals surface area contributed by atoms with Crippen molar-refractivity contribution in [1.29, 1.82) is 0 Å². The Morgan fingerprint density at radius 1 is 1.33 bits per heavy atom. The van der Waals surface area contributed by atoms with Crippen molar-refractivity contribution in [2.24, 2.45) is 5.41 Å². The third-order valence-electron chi connectivity index (χ3n) is 4.58. The second-order valence-electron chi connectivity index (χ2n) is 6.41. The highest BCUT2D eigenvalue weighted by Gasteiger charge is 2.37. The van der Waals surface area contributed by atoms with Gasteiger partial charge in [-0.3, -0.25) is 9.59 Å². The monoisotopic (exact) mass is 333 g/mol. The summed E-state index contributed by atoms with van der Waals surface area (Å²) in [6, 6.07) is 4.83. The van der Waals surface area contributed by atoms with E-state index in [-0.39, 0.29) is 17.7 Å². The first-order valence-corrected chi connectivity index (χ1v) is 7.93. The van der Waals surface area contributed by atoms with Crippen molar-refractivity contribution >= 4 is 18.0 Å². The van der Waals surface area contributed by atoms with E-state index in [9.17, 15) is 19.8 Å². The van der Waals surface area contributed by atoms with E-state index >= 15 is 0 Å². The number of carbonyl (C=O) groups excluding carboxylic acids is 1. The fourth-order valence-electron chi connectivity index (χ4n) is 2.83. The Bertz CT molecular complexity index is 645. The van der Waals surface area contributed by atoms with Crippen LogP contribution in [0.15, 0.2) is 24.3 Å². The number of aliphatic carboxylic acids is 1. The molecule has 3 N–H and O–H groups in total. The number of methoxy groups -OCH3 is 1. The van der Waals surface area contributed by atoms with Gasteiger partial charge in [-0.05, 0) is 56.4 Å². The van der Waals surface area contributed by atoms with Gasteiger partial charge in [0.1, 0.15) is 0 Å². The van der Waals surface area contributed by atoms with Gasteiger partial charge in [0.25, 0.3) is 0 Å². The first-order valence-electron chi connectivity index (χ1n) is 7.93. The molecule has 1 aromatic carbocycles. The average Bonchev–Trinajstić information content (AvgIpc) is 2.56. The zero-order valence-corrected chi connectivity index (χ0v) is 13.9. The van der Waals surface area contributed by atoms with Crippen LogP contribution in [0.1, 0.15) is 38.2 Å². The number of aromatic hydroxyl groups is 1. The molecule has 6 heteroatoms. The summed E-state index contributed by atoms with van der Waals surface area (Å²) in [6.07, 6.45) is 5.52. The average molecular weight is 333 g/mol. The van der Waals surface area contributed by atoms with Crippen molar-refractivity contribution in [3.05, 3.63) is 29.8 Å². The lowest BCUT2D eigenvalue weighted by molar-refractivity contribution is -0.150. The van der Waals surface area contributed by atoms with Crippen molar-refractivity contribution in [2.75, 3.05) is 7.11 Å². The third-order valence-corrected chi connectivity index (χ3v) is 4.58. The van der Waals surface area contributed by atoms with Gasteiger partial charge >= 0.3 is 5.97 Å². The smallest absolute Gasteiger partial charge is 0.309 e. The number of phenols is 1. The minimum Gasteiger partial charge on any atom is -0.504 e. The van der Waals surface area contributed by atoms with Gasteiger partial charge in [0.15, 0.2) is 11.5 Å². The second kappa shape index (κ2) is 7.38. The van der Waals surface area contributed by atoms with Gasteiger partial charge in [-0.25, -0.2) is 0 Å². The minimum absolute atomic E-state index is 0.00364. The van der Waals surface area contributed by atoms with Crippen LogP contribution >= 0.6 is 0 Å². The van der Waals surface area contributed by atoms with Crippen LogP contribution in [-0.4, -0.2) is 35.2 Å². The van der Waals surface area contributed by atoms with Gasteiger partial charge in [-0.1, -0.05) is 6.07 Å². The van der Waals surface area contributed by atoms with Crippen molar-refractivity contribution in [3.8, 4) is 11.5 Å². The van der Waals surface area contributed by atoms with Crippen molar-refractivity contribution in [3.63, 3.8) is 0 Å². The maximum atomic E-state index is 12.0. The lowest BCUT2D eigenvalue weighted by Crippen LogP contribution is -2.41. The van der Waals surface area contributed by atoms with E-state index in [1.54, 1.807) is 25.1 Å². The summed E-state index contributed by atoms with van der Waals surface area (Å²) in [4.78, 5) is 23.2. The molecular formula is C18H23NO5. The molecule has 1 amide bonds. The maximum Gasteiger partial charge on any atom is 0.309 e. The number of hydrogen-bond donors (Lipinski definition) is 3. The van der Waals surface area contributed by atoms with E-state index in [4.69, 9.17) is 4.74 Å². The second-order valence-corrected chi connectivity index (χ2v) is 6.41. The summed E-state index contributed by atoms with van der Waals surface area (Å²) >= 11 is 0. The number of carboxylic acids is 1. The highest BCUT2D eigenvalue weighted by atomic mass is 16.5. The molecule has 0 radical (unpaired) electrons.